The fourth-order valence-corrected chi connectivity index (χ4v) is 2.52. The van der Waals surface area contributed by atoms with Gasteiger partial charge in [0.25, 0.3) is 0 Å². The van der Waals surface area contributed by atoms with Crippen molar-refractivity contribution < 1.29 is 5.11 Å². The standard InChI is InChI=1S/C14H22N2O/c1-11(15)13-4-2-3-5-14(13)16-8-6-12(10-17)7-9-16/h2-5,11-12,17H,6-10,15H2,1H3/t11-/m0/s1. The van der Waals surface area contributed by atoms with Gasteiger partial charge in [0, 0.05) is 31.4 Å². The zero-order chi connectivity index (χ0) is 12.3. The van der Waals surface area contributed by atoms with Crippen molar-refractivity contribution >= 4 is 5.69 Å². The van der Waals surface area contributed by atoms with Gasteiger partial charge in [0.15, 0.2) is 0 Å². The summed E-state index contributed by atoms with van der Waals surface area (Å²) in [6.45, 7) is 4.39. The van der Waals surface area contributed by atoms with Crippen molar-refractivity contribution in [3.8, 4) is 0 Å². The molecule has 1 fully saturated rings. The van der Waals surface area contributed by atoms with E-state index in [2.05, 4.69) is 23.1 Å². The largest absolute Gasteiger partial charge is 0.396 e. The van der Waals surface area contributed by atoms with Crippen molar-refractivity contribution in [2.24, 2.45) is 11.7 Å². The molecule has 1 aliphatic heterocycles. The fourth-order valence-electron chi connectivity index (χ4n) is 2.52. The van der Waals surface area contributed by atoms with Crippen molar-refractivity contribution in [1.82, 2.24) is 0 Å². The Balaban J connectivity index is 2.13. The molecule has 1 heterocycles. The van der Waals surface area contributed by atoms with Crippen LogP contribution in [0.5, 0.6) is 0 Å². The van der Waals surface area contributed by atoms with Gasteiger partial charge in [0.2, 0.25) is 0 Å². The molecule has 0 amide bonds. The van der Waals surface area contributed by atoms with Crippen LogP contribution in [0.3, 0.4) is 0 Å². The first kappa shape index (κ1) is 12.4. The second kappa shape index (κ2) is 5.52. The van der Waals surface area contributed by atoms with Crippen LogP contribution in [0.4, 0.5) is 5.69 Å². The molecule has 1 atom stereocenters. The van der Waals surface area contributed by atoms with Crippen molar-refractivity contribution in [1.29, 1.82) is 0 Å². The average Bonchev–Trinajstić information content (AvgIpc) is 2.39. The number of nitrogens with two attached hydrogens (primary N) is 1. The van der Waals surface area contributed by atoms with Crippen molar-refractivity contribution in [3.05, 3.63) is 29.8 Å². The van der Waals surface area contributed by atoms with Gasteiger partial charge in [-0.1, -0.05) is 18.2 Å². The molecule has 17 heavy (non-hydrogen) atoms. The number of piperidine rings is 1. The molecule has 1 aromatic carbocycles. The van der Waals surface area contributed by atoms with Gasteiger partial charge >= 0.3 is 0 Å². The van der Waals surface area contributed by atoms with Gasteiger partial charge in [0.05, 0.1) is 0 Å². The van der Waals surface area contributed by atoms with Crippen molar-refractivity contribution in [3.63, 3.8) is 0 Å². The lowest BCUT2D eigenvalue weighted by Crippen LogP contribution is -2.35. The molecule has 0 spiro atoms. The molecule has 0 radical (unpaired) electrons. The quantitative estimate of drug-likeness (QED) is 0.840. The highest BCUT2D eigenvalue weighted by atomic mass is 16.3. The summed E-state index contributed by atoms with van der Waals surface area (Å²) in [4.78, 5) is 2.39. The van der Waals surface area contributed by atoms with Crippen LogP contribution in [0.15, 0.2) is 24.3 Å². The second-order valence-corrected chi connectivity index (χ2v) is 4.96. The van der Waals surface area contributed by atoms with E-state index >= 15 is 0 Å². The Kier molecular flexibility index (Phi) is 4.02. The van der Waals surface area contributed by atoms with Crippen LogP contribution in [0.2, 0.25) is 0 Å². The lowest BCUT2D eigenvalue weighted by atomic mass is 9.96. The normalized spacial score (nSPS) is 19.4. The van der Waals surface area contributed by atoms with Crippen molar-refractivity contribution in [2.45, 2.75) is 25.8 Å². The van der Waals surface area contributed by atoms with Crippen LogP contribution in [0.1, 0.15) is 31.4 Å². The maximum Gasteiger partial charge on any atom is 0.0460 e. The molecular formula is C14H22N2O. The molecule has 1 saturated heterocycles. The number of anilines is 1. The summed E-state index contributed by atoms with van der Waals surface area (Å²) in [5.41, 5.74) is 8.49. The smallest absolute Gasteiger partial charge is 0.0460 e. The molecule has 0 aliphatic carbocycles. The van der Waals surface area contributed by atoms with Gasteiger partial charge in [0.1, 0.15) is 0 Å². The van der Waals surface area contributed by atoms with E-state index in [4.69, 9.17) is 10.8 Å². The number of rotatable bonds is 3. The lowest BCUT2D eigenvalue weighted by molar-refractivity contribution is 0.203. The Bertz CT molecular complexity index is 357. The summed E-state index contributed by atoms with van der Waals surface area (Å²) in [5, 5.41) is 9.15. The summed E-state index contributed by atoms with van der Waals surface area (Å²) < 4.78 is 0. The van der Waals surface area contributed by atoms with Gasteiger partial charge in [-0.15, -0.1) is 0 Å². The summed E-state index contributed by atoms with van der Waals surface area (Å²) in [6.07, 6.45) is 2.15. The molecule has 1 aliphatic rings. The number of nitrogens with zero attached hydrogens (tertiary/aromatic N) is 1. The van der Waals surface area contributed by atoms with Crippen LogP contribution < -0.4 is 10.6 Å². The minimum Gasteiger partial charge on any atom is -0.396 e. The van der Waals surface area contributed by atoms with Gasteiger partial charge in [-0.05, 0) is 37.3 Å². The Morgan fingerprint density at radius 2 is 2.00 bits per heavy atom. The van der Waals surface area contributed by atoms with E-state index in [-0.39, 0.29) is 6.04 Å². The number of hydrogen-bond donors (Lipinski definition) is 2. The molecule has 1 aromatic rings. The van der Waals surface area contributed by atoms with Gasteiger partial charge in [-0.25, -0.2) is 0 Å². The topological polar surface area (TPSA) is 49.5 Å². The lowest BCUT2D eigenvalue weighted by Gasteiger charge is -2.34. The Morgan fingerprint density at radius 1 is 1.35 bits per heavy atom. The third kappa shape index (κ3) is 2.79. The van der Waals surface area contributed by atoms with Gasteiger partial charge in [-0.3, -0.25) is 0 Å². The summed E-state index contributed by atoms with van der Waals surface area (Å²) in [5.74, 6) is 0.480. The van der Waals surface area contributed by atoms with Gasteiger partial charge < -0.3 is 15.7 Å². The third-order valence-corrected chi connectivity index (χ3v) is 3.64. The average molecular weight is 234 g/mol. The highest BCUT2D eigenvalue weighted by Crippen LogP contribution is 2.28. The number of aliphatic hydroxyl groups is 1. The number of benzene rings is 1. The van der Waals surface area contributed by atoms with E-state index in [1.807, 2.05) is 13.0 Å². The first-order valence-electron chi connectivity index (χ1n) is 6.42. The molecule has 94 valence electrons. The highest BCUT2D eigenvalue weighted by Gasteiger charge is 2.20. The van der Waals surface area contributed by atoms with Crippen LogP contribution >= 0.6 is 0 Å². The van der Waals surface area contributed by atoms with Crippen LogP contribution in [0, 0.1) is 5.92 Å². The van der Waals surface area contributed by atoms with Crippen molar-refractivity contribution in [2.75, 3.05) is 24.6 Å². The Labute approximate surface area is 103 Å². The number of hydrogen-bond acceptors (Lipinski definition) is 3. The van der Waals surface area contributed by atoms with E-state index in [1.54, 1.807) is 0 Å². The molecular weight excluding hydrogens is 212 g/mol. The van der Waals surface area contributed by atoms with E-state index < -0.39 is 0 Å². The predicted molar refractivity (Wildman–Crippen MR) is 71.1 cm³/mol. The van der Waals surface area contributed by atoms with Crippen LogP contribution in [-0.2, 0) is 0 Å². The zero-order valence-electron chi connectivity index (χ0n) is 10.5. The van der Waals surface area contributed by atoms with E-state index in [1.165, 1.54) is 11.3 Å². The molecule has 3 N–H and O–H groups in total. The monoisotopic (exact) mass is 234 g/mol. The second-order valence-electron chi connectivity index (χ2n) is 4.96. The van der Waals surface area contributed by atoms with E-state index in [0.29, 0.717) is 12.5 Å². The SMILES string of the molecule is C[C@H](N)c1ccccc1N1CCC(CO)CC1. The highest BCUT2D eigenvalue weighted by molar-refractivity contribution is 5.55. The first-order valence-corrected chi connectivity index (χ1v) is 6.42. The maximum absolute atomic E-state index is 9.15. The fraction of sp³-hybridized carbons (Fsp3) is 0.571. The van der Waals surface area contributed by atoms with E-state index in [0.717, 1.165) is 25.9 Å². The Morgan fingerprint density at radius 3 is 2.59 bits per heavy atom. The predicted octanol–water partition coefficient (Wildman–Crippen LogP) is 1.92. The molecule has 0 unspecified atom stereocenters. The summed E-state index contributed by atoms with van der Waals surface area (Å²) in [7, 11) is 0. The Hall–Kier alpha value is -1.06. The molecule has 0 saturated carbocycles. The van der Waals surface area contributed by atoms with E-state index in [9.17, 15) is 0 Å². The molecule has 0 aromatic heterocycles. The summed E-state index contributed by atoms with van der Waals surface area (Å²) >= 11 is 0. The molecule has 3 heteroatoms. The third-order valence-electron chi connectivity index (χ3n) is 3.64. The molecule has 2 rings (SSSR count). The maximum atomic E-state index is 9.15. The number of aliphatic hydroxyl groups excluding tert-OH is 1. The van der Waals surface area contributed by atoms with Gasteiger partial charge in [-0.2, -0.15) is 0 Å². The van der Waals surface area contributed by atoms with Crippen LogP contribution in [0.25, 0.3) is 0 Å². The van der Waals surface area contributed by atoms with Crippen LogP contribution in [-0.4, -0.2) is 24.8 Å². The zero-order valence-corrected chi connectivity index (χ0v) is 10.5. The molecule has 0 bridgehead atoms. The minimum atomic E-state index is 0.0711. The minimum absolute atomic E-state index is 0.0711. The summed E-state index contributed by atoms with van der Waals surface area (Å²) in [6, 6.07) is 8.44. The number of para-hydroxylation sites is 1. The molecule has 3 nitrogen and oxygen atoms in total. The first-order chi connectivity index (χ1) is 8.22.